The van der Waals surface area contributed by atoms with Gasteiger partial charge in [-0.15, -0.1) is 0 Å². The molecule has 6 nitrogen and oxygen atoms in total. The number of benzene rings is 1. The largest absolute Gasteiger partial charge is 0.420 e. The smallest absolute Gasteiger partial charge is 0.408 e. The third-order valence-electron chi connectivity index (χ3n) is 5.36. The van der Waals surface area contributed by atoms with Crippen LogP contribution in [0.15, 0.2) is 32.3 Å². The van der Waals surface area contributed by atoms with Crippen LogP contribution in [-0.4, -0.2) is 19.0 Å². The van der Waals surface area contributed by atoms with Crippen LogP contribution < -0.4 is 10.5 Å². The van der Waals surface area contributed by atoms with Gasteiger partial charge < -0.3 is 4.42 Å². The van der Waals surface area contributed by atoms with E-state index in [1.807, 2.05) is 13.8 Å². The molecule has 1 unspecified atom stereocenters. The van der Waals surface area contributed by atoms with Gasteiger partial charge in [0.2, 0.25) is 10.0 Å². The summed E-state index contributed by atoms with van der Waals surface area (Å²) in [6, 6.07) is 4.66. The van der Waals surface area contributed by atoms with Crippen molar-refractivity contribution in [1.82, 2.24) is 9.29 Å². The van der Waals surface area contributed by atoms with Crippen LogP contribution >= 0.6 is 0 Å². The predicted molar refractivity (Wildman–Crippen MR) is 90.4 cm³/mol. The first-order chi connectivity index (χ1) is 11.4. The molecule has 0 aliphatic heterocycles. The summed E-state index contributed by atoms with van der Waals surface area (Å²) in [5.41, 5.74) is 0.929. The van der Waals surface area contributed by atoms with Crippen molar-refractivity contribution in [2.45, 2.75) is 56.5 Å². The summed E-state index contributed by atoms with van der Waals surface area (Å²) < 4.78 is 34.9. The quantitative estimate of drug-likeness (QED) is 0.919. The van der Waals surface area contributed by atoms with E-state index in [4.69, 9.17) is 4.42 Å². The Bertz CT molecular complexity index is 929. The Morgan fingerprint density at radius 1 is 1.21 bits per heavy atom. The van der Waals surface area contributed by atoms with Gasteiger partial charge in [-0.3, -0.25) is 4.57 Å². The van der Waals surface area contributed by atoms with E-state index in [1.165, 1.54) is 23.5 Å². The molecular weight excluding hydrogens is 328 g/mol. The van der Waals surface area contributed by atoms with Gasteiger partial charge >= 0.3 is 5.76 Å². The zero-order chi connectivity index (χ0) is 17.1. The maximum absolute atomic E-state index is 12.7. The SMILES string of the molecule is CC(C)n1c(=O)oc2cc(S(=O)(=O)NC3[C@H]4CCCC[C@@H]34)ccc21. The Morgan fingerprint density at radius 3 is 2.50 bits per heavy atom. The molecule has 24 heavy (non-hydrogen) atoms. The molecule has 0 radical (unpaired) electrons. The molecule has 0 amide bonds. The van der Waals surface area contributed by atoms with Crippen molar-refractivity contribution in [3.63, 3.8) is 0 Å². The molecular formula is C17H22N2O4S. The van der Waals surface area contributed by atoms with Crippen molar-refractivity contribution in [2.75, 3.05) is 0 Å². The second kappa shape index (κ2) is 5.46. The first-order valence-electron chi connectivity index (χ1n) is 8.56. The van der Waals surface area contributed by atoms with Gasteiger partial charge in [-0.25, -0.2) is 17.9 Å². The topological polar surface area (TPSA) is 81.3 Å². The van der Waals surface area contributed by atoms with Gasteiger partial charge in [-0.05, 0) is 50.7 Å². The van der Waals surface area contributed by atoms with Crippen LogP contribution in [0, 0.1) is 11.8 Å². The van der Waals surface area contributed by atoms with E-state index in [2.05, 4.69) is 4.72 Å². The van der Waals surface area contributed by atoms with Crippen molar-refractivity contribution < 1.29 is 12.8 Å². The van der Waals surface area contributed by atoms with Crippen molar-refractivity contribution in [2.24, 2.45) is 11.8 Å². The van der Waals surface area contributed by atoms with Gasteiger partial charge in [-0.2, -0.15) is 0 Å². The third-order valence-corrected chi connectivity index (χ3v) is 6.82. The van der Waals surface area contributed by atoms with Gasteiger partial charge in [-0.1, -0.05) is 12.8 Å². The van der Waals surface area contributed by atoms with Crippen LogP contribution in [0.5, 0.6) is 0 Å². The van der Waals surface area contributed by atoms with Crippen LogP contribution in [0.1, 0.15) is 45.6 Å². The van der Waals surface area contributed by atoms with Crippen LogP contribution in [0.2, 0.25) is 0 Å². The molecule has 2 aromatic rings. The average Bonchev–Trinajstić information content (AvgIpc) is 3.09. The fourth-order valence-electron chi connectivity index (χ4n) is 4.09. The second-order valence-electron chi connectivity index (χ2n) is 7.22. The number of hydrogen-bond donors (Lipinski definition) is 1. The number of aromatic nitrogens is 1. The Labute approximate surface area is 140 Å². The second-order valence-corrected chi connectivity index (χ2v) is 8.93. The van der Waals surface area contributed by atoms with E-state index in [9.17, 15) is 13.2 Å². The van der Waals surface area contributed by atoms with Crippen molar-refractivity contribution in [3.8, 4) is 0 Å². The van der Waals surface area contributed by atoms with E-state index in [-0.39, 0.29) is 17.0 Å². The summed E-state index contributed by atoms with van der Waals surface area (Å²) in [5.74, 6) is 0.533. The lowest BCUT2D eigenvalue weighted by molar-refractivity contribution is 0.478. The molecule has 4 rings (SSSR count). The molecule has 1 heterocycles. The monoisotopic (exact) mass is 350 g/mol. The molecule has 3 atom stereocenters. The first kappa shape index (κ1) is 15.9. The average molecular weight is 350 g/mol. The van der Waals surface area contributed by atoms with E-state index in [1.54, 1.807) is 12.1 Å². The van der Waals surface area contributed by atoms with Gasteiger partial charge in [0.25, 0.3) is 0 Å². The number of hydrogen-bond acceptors (Lipinski definition) is 4. The van der Waals surface area contributed by atoms with Crippen LogP contribution in [-0.2, 0) is 10.0 Å². The summed E-state index contributed by atoms with van der Waals surface area (Å²) in [6.45, 7) is 3.77. The minimum Gasteiger partial charge on any atom is -0.408 e. The maximum atomic E-state index is 12.7. The van der Waals surface area contributed by atoms with Gasteiger partial charge in [0, 0.05) is 18.2 Å². The lowest BCUT2D eigenvalue weighted by Crippen LogP contribution is -2.27. The minimum atomic E-state index is -3.59. The normalized spacial score (nSPS) is 26.7. The lowest BCUT2D eigenvalue weighted by Gasteiger charge is -2.08. The molecule has 2 fully saturated rings. The van der Waals surface area contributed by atoms with Crippen molar-refractivity contribution >= 4 is 21.1 Å². The zero-order valence-electron chi connectivity index (χ0n) is 13.9. The van der Waals surface area contributed by atoms with E-state index < -0.39 is 15.8 Å². The molecule has 1 aromatic carbocycles. The number of sulfonamides is 1. The highest BCUT2D eigenvalue weighted by molar-refractivity contribution is 7.89. The van der Waals surface area contributed by atoms with Crippen LogP contribution in [0.3, 0.4) is 0 Å². The number of nitrogens with one attached hydrogen (secondary N) is 1. The highest BCUT2D eigenvalue weighted by Crippen LogP contribution is 2.50. The Hall–Kier alpha value is -1.60. The Kier molecular flexibility index (Phi) is 3.61. The molecule has 0 saturated heterocycles. The molecule has 1 aromatic heterocycles. The number of nitrogens with zero attached hydrogens (tertiary/aromatic N) is 1. The standard InChI is InChI=1S/C17H22N2O4S/c1-10(2)19-14-8-7-11(9-15(14)23-17(19)20)24(21,22)18-16-12-5-3-4-6-13(12)16/h7-10,12-13,16,18H,3-6H2,1-2H3/t12-,13+,16?. The van der Waals surface area contributed by atoms with E-state index >= 15 is 0 Å². The number of oxazole rings is 1. The molecule has 0 bridgehead atoms. The summed E-state index contributed by atoms with van der Waals surface area (Å²) in [5, 5.41) is 0. The fraction of sp³-hybridized carbons (Fsp3) is 0.588. The first-order valence-corrected chi connectivity index (χ1v) is 10.0. The molecule has 130 valence electrons. The van der Waals surface area contributed by atoms with Gasteiger partial charge in [0.15, 0.2) is 5.58 Å². The van der Waals surface area contributed by atoms with Crippen molar-refractivity contribution in [1.29, 1.82) is 0 Å². The molecule has 1 N–H and O–H groups in total. The van der Waals surface area contributed by atoms with Gasteiger partial charge in [0.05, 0.1) is 10.4 Å². The molecule has 0 spiro atoms. The van der Waals surface area contributed by atoms with E-state index in [0.29, 0.717) is 22.9 Å². The molecule has 2 aliphatic rings. The van der Waals surface area contributed by atoms with Crippen molar-refractivity contribution in [3.05, 3.63) is 28.7 Å². The fourth-order valence-corrected chi connectivity index (χ4v) is 5.44. The highest BCUT2D eigenvalue weighted by Gasteiger charge is 2.52. The van der Waals surface area contributed by atoms with E-state index in [0.717, 1.165) is 12.8 Å². The minimum absolute atomic E-state index is 0.0473. The zero-order valence-corrected chi connectivity index (χ0v) is 14.7. The number of rotatable bonds is 4. The molecule has 7 heteroatoms. The molecule has 2 aliphatic carbocycles. The predicted octanol–water partition coefficient (Wildman–Crippen LogP) is 2.64. The van der Waals surface area contributed by atoms with Gasteiger partial charge in [0.1, 0.15) is 0 Å². The number of fused-ring (bicyclic) bond motifs is 2. The molecule has 2 saturated carbocycles. The Balaban J connectivity index is 1.65. The van der Waals surface area contributed by atoms with Crippen LogP contribution in [0.25, 0.3) is 11.1 Å². The highest BCUT2D eigenvalue weighted by atomic mass is 32.2. The summed E-state index contributed by atoms with van der Waals surface area (Å²) in [7, 11) is -3.59. The van der Waals surface area contributed by atoms with Crippen LogP contribution in [0.4, 0.5) is 0 Å². The maximum Gasteiger partial charge on any atom is 0.420 e. The summed E-state index contributed by atoms with van der Waals surface area (Å²) in [6.07, 6.45) is 4.62. The lowest BCUT2D eigenvalue weighted by atomic mass is 10.0. The summed E-state index contributed by atoms with van der Waals surface area (Å²) >= 11 is 0. The Morgan fingerprint density at radius 2 is 1.88 bits per heavy atom. The third kappa shape index (κ3) is 2.50. The summed E-state index contributed by atoms with van der Waals surface area (Å²) in [4.78, 5) is 12.1.